The van der Waals surface area contributed by atoms with Crippen LogP contribution in [0.15, 0.2) is 30.3 Å². The normalized spacial score (nSPS) is 10.9. The molecule has 0 saturated heterocycles. The van der Waals surface area contributed by atoms with Gasteiger partial charge < -0.3 is 9.47 Å². The van der Waals surface area contributed by atoms with Crippen LogP contribution in [0.25, 0.3) is 0 Å². The van der Waals surface area contributed by atoms with Crippen molar-refractivity contribution in [2.24, 2.45) is 0 Å². The van der Waals surface area contributed by atoms with Crippen molar-refractivity contribution in [3.05, 3.63) is 58.3 Å². The summed E-state index contributed by atoms with van der Waals surface area (Å²) >= 11 is 0. The molecule has 1 heterocycles. The summed E-state index contributed by atoms with van der Waals surface area (Å²) in [5, 5.41) is 9.22. The SMILES string of the molecule is CCOC(=O)c1cc(C#N)c(OCc2ccc(C(F)(F)F)cc2)nc1C. The summed E-state index contributed by atoms with van der Waals surface area (Å²) in [6.45, 7) is 3.34. The fraction of sp³-hybridized carbons (Fsp3) is 0.278. The van der Waals surface area contributed by atoms with Gasteiger partial charge in [0, 0.05) is 0 Å². The fourth-order valence-electron chi connectivity index (χ4n) is 2.13. The molecule has 0 radical (unpaired) electrons. The molecule has 136 valence electrons. The number of ether oxygens (including phenoxy) is 2. The first-order chi connectivity index (χ1) is 12.3. The Labute approximate surface area is 148 Å². The van der Waals surface area contributed by atoms with E-state index in [1.54, 1.807) is 13.8 Å². The third-order valence-electron chi connectivity index (χ3n) is 3.45. The lowest BCUT2D eigenvalue weighted by molar-refractivity contribution is -0.137. The lowest BCUT2D eigenvalue weighted by Crippen LogP contribution is -2.10. The second-order valence-corrected chi connectivity index (χ2v) is 5.29. The highest BCUT2D eigenvalue weighted by molar-refractivity contribution is 5.91. The highest BCUT2D eigenvalue weighted by Gasteiger charge is 2.29. The maximum absolute atomic E-state index is 12.6. The van der Waals surface area contributed by atoms with E-state index in [-0.39, 0.29) is 30.2 Å². The van der Waals surface area contributed by atoms with E-state index >= 15 is 0 Å². The number of esters is 1. The van der Waals surface area contributed by atoms with Gasteiger partial charge in [0.05, 0.1) is 23.4 Å². The monoisotopic (exact) mass is 364 g/mol. The van der Waals surface area contributed by atoms with Gasteiger partial charge in [0.25, 0.3) is 0 Å². The Morgan fingerprint density at radius 1 is 1.27 bits per heavy atom. The van der Waals surface area contributed by atoms with E-state index in [1.165, 1.54) is 18.2 Å². The standard InChI is InChI=1S/C18H15F3N2O3/c1-3-25-17(24)15-8-13(9-22)16(23-11(15)2)26-10-12-4-6-14(7-5-12)18(19,20)21/h4-8H,3,10H2,1-2H3. The molecule has 0 fully saturated rings. The van der Waals surface area contributed by atoms with Crippen molar-refractivity contribution in [3.63, 3.8) is 0 Å². The van der Waals surface area contributed by atoms with Gasteiger partial charge >= 0.3 is 12.1 Å². The quantitative estimate of drug-likeness (QED) is 0.749. The molecule has 1 aromatic heterocycles. The Hall–Kier alpha value is -3.08. The van der Waals surface area contributed by atoms with Crippen LogP contribution >= 0.6 is 0 Å². The molecule has 0 aliphatic carbocycles. The number of pyridine rings is 1. The Morgan fingerprint density at radius 3 is 2.46 bits per heavy atom. The van der Waals surface area contributed by atoms with Crippen LogP contribution in [-0.4, -0.2) is 17.6 Å². The van der Waals surface area contributed by atoms with Crippen LogP contribution in [0, 0.1) is 18.3 Å². The molecule has 0 amide bonds. The van der Waals surface area contributed by atoms with Gasteiger partial charge in [0.2, 0.25) is 5.88 Å². The molecule has 0 aliphatic heterocycles. The van der Waals surface area contributed by atoms with Crippen molar-refractivity contribution in [2.75, 3.05) is 6.61 Å². The molecule has 0 atom stereocenters. The molecule has 0 spiro atoms. The summed E-state index contributed by atoms with van der Waals surface area (Å²) in [6.07, 6.45) is -4.41. The van der Waals surface area contributed by atoms with Gasteiger partial charge in [-0.3, -0.25) is 0 Å². The average molecular weight is 364 g/mol. The molecule has 5 nitrogen and oxygen atoms in total. The number of carbonyl (C=O) groups excluding carboxylic acids is 1. The van der Waals surface area contributed by atoms with Gasteiger partial charge in [-0.1, -0.05) is 12.1 Å². The molecule has 0 bridgehead atoms. The molecule has 26 heavy (non-hydrogen) atoms. The minimum Gasteiger partial charge on any atom is -0.472 e. The molecule has 2 aromatic rings. The number of hydrogen-bond acceptors (Lipinski definition) is 5. The van der Waals surface area contributed by atoms with Crippen molar-refractivity contribution >= 4 is 5.97 Å². The third kappa shape index (κ3) is 4.51. The first-order valence-corrected chi connectivity index (χ1v) is 7.64. The van der Waals surface area contributed by atoms with Crippen molar-refractivity contribution in [3.8, 4) is 11.9 Å². The van der Waals surface area contributed by atoms with Gasteiger partial charge in [-0.05, 0) is 37.6 Å². The van der Waals surface area contributed by atoms with Crippen molar-refractivity contribution in [1.82, 2.24) is 4.98 Å². The Kier molecular flexibility index (Phi) is 5.82. The van der Waals surface area contributed by atoms with Crippen molar-refractivity contribution < 1.29 is 27.4 Å². The predicted octanol–water partition coefficient (Wildman–Crippen LogP) is 4.04. The molecule has 0 aliphatic rings. The lowest BCUT2D eigenvalue weighted by Gasteiger charge is -2.11. The van der Waals surface area contributed by atoms with Crippen molar-refractivity contribution in [1.29, 1.82) is 5.26 Å². The average Bonchev–Trinajstić information content (AvgIpc) is 2.59. The van der Waals surface area contributed by atoms with Gasteiger partial charge in [0.15, 0.2) is 0 Å². The zero-order chi connectivity index (χ0) is 19.3. The molecular weight excluding hydrogens is 349 g/mol. The van der Waals surface area contributed by atoms with Crippen LogP contribution in [-0.2, 0) is 17.5 Å². The van der Waals surface area contributed by atoms with Crippen LogP contribution in [0.5, 0.6) is 5.88 Å². The Morgan fingerprint density at radius 2 is 1.92 bits per heavy atom. The zero-order valence-corrected chi connectivity index (χ0v) is 14.1. The fourth-order valence-corrected chi connectivity index (χ4v) is 2.13. The first kappa shape index (κ1) is 19.2. The highest BCUT2D eigenvalue weighted by atomic mass is 19.4. The molecule has 0 unspecified atom stereocenters. The summed E-state index contributed by atoms with van der Waals surface area (Å²) in [6, 6.07) is 7.68. The van der Waals surface area contributed by atoms with Gasteiger partial charge in [-0.2, -0.15) is 18.4 Å². The minimum atomic E-state index is -4.41. The van der Waals surface area contributed by atoms with E-state index in [1.807, 2.05) is 6.07 Å². The number of alkyl halides is 3. The topological polar surface area (TPSA) is 72.2 Å². The smallest absolute Gasteiger partial charge is 0.416 e. The third-order valence-corrected chi connectivity index (χ3v) is 3.45. The predicted molar refractivity (Wildman–Crippen MR) is 85.4 cm³/mol. The molecule has 8 heteroatoms. The summed E-state index contributed by atoms with van der Waals surface area (Å²) in [5.41, 5.74) is 0.239. The van der Waals surface area contributed by atoms with Crippen LogP contribution in [0.1, 0.15) is 39.7 Å². The maximum atomic E-state index is 12.6. The number of halogens is 3. The second kappa shape index (κ2) is 7.87. The molecule has 2 rings (SSSR count). The van der Waals surface area contributed by atoms with E-state index in [2.05, 4.69) is 4.98 Å². The largest absolute Gasteiger partial charge is 0.472 e. The first-order valence-electron chi connectivity index (χ1n) is 7.64. The zero-order valence-electron chi connectivity index (χ0n) is 14.1. The number of nitriles is 1. The number of aromatic nitrogens is 1. The second-order valence-electron chi connectivity index (χ2n) is 5.29. The van der Waals surface area contributed by atoms with Gasteiger partial charge in [-0.15, -0.1) is 0 Å². The van der Waals surface area contributed by atoms with Crippen LogP contribution < -0.4 is 4.74 Å². The maximum Gasteiger partial charge on any atom is 0.416 e. The summed E-state index contributed by atoms with van der Waals surface area (Å²) < 4.78 is 48.0. The van der Waals surface area contributed by atoms with Gasteiger partial charge in [-0.25, -0.2) is 9.78 Å². The molecular formula is C18H15F3N2O3. The van der Waals surface area contributed by atoms with Crippen LogP contribution in [0.3, 0.4) is 0 Å². The number of hydrogen-bond donors (Lipinski definition) is 0. The van der Waals surface area contributed by atoms with Gasteiger partial charge in [0.1, 0.15) is 18.2 Å². The van der Waals surface area contributed by atoms with E-state index in [0.717, 1.165) is 12.1 Å². The number of aryl methyl sites for hydroxylation is 1. The summed E-state index contributed by atoms with van der Waals surface area (Å²) in [5.74, 6) is -0.596. The lowest BCUT2D eigenvalue weighted by atomic mass is 10.1. The summed E-state index contributed by atoms with van der Waals surface area (Å²) in [7, 11) is 0. The highest BCUT2D eigenvalue weighted by Crippen LogP contribution is 2.29. The van der Waals surface area contributed by atoms with E-state index in [4.69, 9.17) is 9.47 Å². The number of carbonyl (C=O) groups is 1. The van der Waals surface area contributed by atoms with Crippen LogP contribution in [0.4, 0.5) is 13.2 Å². The molecule has 0 N–H and O–H groups in total. The Bertz CT molecular complexity index is 840. The molecule has 1 aromatic carbocycles. The van der Waals surface area contributed by atoms with Crippen LogP contribution in [0.2, 0.25) is 0 Å². The van der Waals surface area contributed by atoms with E-state index in [9.17, 15) is 23.2 Å². The number of rotatable bonds is 5. The number of nitrogens with zero attached hydrogens (tertiary/aromatic N) is 2. The van der Waals surface area contributed by atoms with Crippen molar-refractivity contribution in [2.45, 2.75) is 26.6 Å². The van der Waals surface area contributed by atoms with E-state index < -0.39 is 17.7 Å². The molecule has 0 saturated carbocycles. The summed E-state index contributed by atoms with van der Waals surface area (Å²) in [4.78, 5) is 15.9. The number of benzene rings is 1. The van der Waals surface area contributed by atoms with E-state index in [0.29, 0.717) is 11.3 Å². The minimum absolute atomic E-state index is 0.00190. The Balaban J connectivity index is 2.18.